The highest BCUT2D eigenvalue weighted by molar-refractivity contribution is 7.98. The molecule has 2 aliphatic heterocycles. The van der Waals surface area contributed by atoms with E-state index in [1.807, 2.05) is 0 Å². The van der Waals surface area contributed by atoms with Crippen molar-refractivity contribution in [2.24, 2.45) is 0 Å². The zero-order valence-electron chi connectivity index (χ0n) is 19.8. The number of pyridine rings is 1. The maximum Gasteiger partial charge on any atom is 0.185 e. The predicted molar refractivity (Wildman–Crippen MR) is 133 cm³/mol. The van der Waals surface area contributed by atoms with E-state index in [1.54, 1.807) is 36.8 Å². The normalized spacial score (nSPS) is 26.0. The van der Waals surface area contributed by atoms with Gasteiger partial charge in [0.25, 0.3) is 0 Å². The quantitative estimate of drug-likeness (QED) is 0.510. The molecular formula is C25H29FN6OS. The third kappa shape index (κ3) is 4.22. The van der Waals surface area contributed by atoms with Gasteiger partial charge in [-0.3, -0.25) is 0 Å². The minimum atomic E-state index is -0.384. The molecule has 3 atom stereocenters. The minimum Gasteiger partial charge on any atom is -0.507 e. The molecule has 3 aromatic rings. The molecule has 0 radical (unpaired) electrons. The maximum atomic E-state index is 14.1. The van der Waals surface area contributed by atoms with Gasteiger partial charge in [0.1, 0.15) is 10.8 Å². The average molecular weight is 481 g/mol. The molecule has 0 saturated carbocycles. The molecule has 2 bridgehead atoms. The number of aromatic nitrogens is 4. The summed E-state index contributed by atoms with van der Waals surface area (Å²) in [4.78, 5) is 10.8. The zero-order chi connectivity index (χ0) is 24.1. The Bertz CT molecular complexity index is 1210. The first-order valence-electron chi connectivity index (χ1n) is 11.4. The fraction of sp³-hybridized carbons (Fsp3) is 0.440. The molecule has 1 aromatic carbocycles. The van der Waals surface area contributed by atoms with Gasteiger partial charge in [0.15, 0.2) is 17.5 Å². The highest BCUT2D eigenvalue weighted by atomic mass is 32.2. The molecule has 2 N–H and O–H groups in total. The van der Waals surface area contributed by atoms with Gasteiger partial charge >= 0.3 is 0 Å². The number of anilines is 1. The summed E-state index contributed by atoms with van der Waals surface area (Å²) in [5, 5.41) is 23.5. The predicted octanol–water partition coefficient (Wildman–Crippen LogP) is 4.67. The Morgan fingerprint density at radius 3 is 2.38 bits per heavy atom. The van der Waals surface area contributed by atoms with Crippen molar-refractivity contribution in [2.45, 2.75) is 61.7 Å². The lowest BCUT2D eigenvalue weighted by molar-refractivity contribution is 0.207. The molecule has 34 heavy (non-hydrogen) atoms. The lowest BCUT2D eigenvalue weighted by atomic mass is 9.84. The van der Waals surface area contributed by atoms with Gasteiger partial charge in [0.2, 0.25) is 0 Å². The van der Waals surface area contributed by atoms with Crippen molar-refractivity contribution in [3.8, 4) is 28.3 Å². The molecular weight excluding hydrogens is 451 g/mol. The van der Waals surface area contributed by atoms with Crippen LogP contribution in [0.4, 0.5) is 10.2 Å². The number of fused-ring (bicyclic) bond motifs is 2. The number of phenols is 1. The van der Waals surface area contributed by atoms with Gasteiger partial charge in [0, 0.05) is 35.9 Å². The molecule has 7 nitrogen and oxygen atoms in total. The third-order valence-corrected chi connectivity index (χ3v) is 7.92. The molecule has 0 spiro atoms. The summed E-state index contributed by atoms with van der Waals surface area (Å²) in [5.41, 5.74) is 2.04. The second kappa shape index (κ2) is 8.46. The van der Waals surface area contributed by atoms with E-state index >= 15 is 0 Å². The van der Waals surface area contributed by atoms with Crippen LogP contribution in [-0.4, -0.2) is 55.7 Å². The molecule has 5 rings (SSSR count). The van der Waals surface area contributed by atoms with Crippen LogP contribution < -0.4 is 10.2 Å². The Kier molecular flexibility index (Phi) is 5.72. The van der Waals surface area contributed by atoms with Crippen molar-refractivity contribution in [1.82, 2.24) is 25.5 Å². The Morgan fingerprint density at radius 2 is 1.79 bits per heavy atom. The van der Waals surface area contributed by atoms with Gasteiger partial charge in [0.05, 0.1) is 11.8 Å². The first-order valence-corrected chi connectivity index (χ1v) is 12.7. The summed E-state index contributed by atoms with van der Waals surface area (Å²) in [6, 6.07) is 6.86. The number of nitrogens with zero attached hydrogens (tertiary/aromatic N) is 5. The molecule has 2 aliphatic rings. The van der Waals surface area contributed by atoms with Crippen LogP contribution in [0.2, 0.25) is 0 Å². The van der Waals surface area contributed by atoms with Crippen LogP contribution in [0.5, 0.6) is 5.75 Å². The van der Waals surface area contributed by atoms with E-state index in [1.165, 1.54) is 30.7 Å². The van der Waals surface area contributed by atoms with Gasteiger partial charge in [-0.05, 0) is 69.5 Å². The maximum absolute atomic E-state index is 14.1. The number of hydrogen-bond acceptors (Lipinski definition) is 8. The second-order valence-electron chi connectivity index (χ2n) is 10.0. The van der Waals surface area contributed by atoms with Crippen molar-refractivity contribution >= 4 is 17.6 Å². The highest BCUT2D eigenvalue weighted by Crippen LogP contribution is 2.43. The second-order valence-corrected chi connectivity index (χ2v) is 10.8. The molecule has 178 valence electrons. The van der Waals surface area contributed by atoms with Crippen LogP contribution in [0.3, 0.4) is 0 Å². The lowest BCUT2D eigenvalue weighted by Crippen LogP contribution is -2.58. The van der Waals surface area contributed by atoms with E-state index in [9.17, 15) is 9.50 Å². The van der Waals surface area contributed by atoms with E-state index in [2.05, 4.69) is 51.3 Å². The summed E-state index contributed by atoms with van der Waals surface area (Å²) >= 11 is 1.25. The fourth-order valence-electron chi connectivity index (χ4n) is 5.47. The summed E-state index contributed by atoms with van der Waals surface area (Å²) in [6.45, 7) is 4.61. The van der Waals surface area contributed by atoms with E-state index < -0.39 is 0 Å². The zero-order valence-corrected chi connectivity index (χ0v) is 20.7. The number of piperidine rings is 1. The van der Waals surface area contributed by atoms with Gasteiger partial charge in [-0.25, -0.2) is 14.4 Å². The smallest absolute Gasteiger partial charge is 0.185 e. The van der Waals surface area contributed by atoms with Crippen LogP contribution in [-0.2, 0) is 0 Å². The first kappa shape index (κ1) is 23.0. The van der Waals surface area contributed by atoms with Crippen molar-refractivity contribution in [3.05, 3.63) is 42.5 Å². The van der Waals surface area contributed by atoms with Crippen molar-refractivity contribution in [1.29, 1.82) is 0 Å². The number of phenolic OH excluding ortho intramolecular Hbond substituents is 1. The standard InChI is InChI=1S/C25H29FN6OS/c1-24-7-8-25(2,31-24)12-17(11-24)32(3)21-14-27-22(30-29-21)18-6-5-15(10-20(18)33)16-9-19(26)23(34-4)28-13-16/h5-6,9-10,13-14,17,31,33H,7-8,11-12H2,1-4H3/t17?,24-,25+. The number of benzene rings is 1. The third-order valence-electron chi connectivity index (χ3n) is 7.24. The molecule has 9 heteroatoms. The van der Waals surface area contributed by atoms with Crippen LogP contribution in [0.1, 0.15) is 39.5 Å². The number of halogens is 1. The molecule has 4 heterocycles. The van der Waals surface area contributed by atoms with Gasteiger partial charge in [-0.15, -0.1) is 22.0 Å². The number of hydrogen-bond donors (Lipinski definition) is 2. The fourth-order valence-corrected chi connectivity index (χ4v) is 5.88. The summed E-state index contributed by atoms with van der Waals surface area (Å²) in [7, 11) is 2.05. The van der Waals surface area contributed by atoms with E-state index in [0.717, 1.165) is 12.8 Å². The van der Waals surface area contributed by atoms with Crippen LogP contribution in [0.15, 0.2) is 41.7 Å². The van der Waals surface area contributed by atoms with Gasteiger partial charge in [-0.1, -0.05) is 6.07 Å². The minimum absolute atomic E-state index is 0.00513. The van der Waals surface area contributed by atoms with Crippen molar-refractivity contribution < 1.29 is 9.50 Å². The van der Waals surface area contributed by atoms with Crippen LogP contribution in [0.25, 0.3) is 22.5 Å². The Balaban J connectivity index is 1.35. The van der Waals surface area contributed by atoms with Crippen LogP contribution in [0, 0.1) is 5.82 Å². The van der Waals surface area contributed by atoms with Crippen molar-refractivity contribution in [2.75, 3.05) is 18.2 Å². The monoisotopic (exact) mass is 480 g/mol. The average Bonchev–Trinajstić information content (AvgIpc) is 3.05. The number of aromatic hydroxyl groups is 1. The Labute approximate surface area is 203 Å². The highest BCUT2D eigenvalue weighted by Gasteiger charge is 2.49. The largest absolute Gasteiger partial charge is 0.507 e. The van der Waals surface area contributed by atoms with E-state index in [4.69, 9.17) is 0 Å². The molecule has 1 unspecified atom stereocenters. The molecule has 0 amide bonds. The number of thioether (sulfide) groups is 1. The molecule has 2 fully saturated rings. The number of nitrogens with one attached hydrogen (secondary N) is 1. The molecule has 2 aromatic heterocycles. The van der Waals surface area contributed by atoms with Gasteiger partial charge < -0.3 is 15.3 Å². The number of rotatable bonds is 5. The van der Waals surface area contributed by atoms with E-state index in [0.29, 0.717) is 39.4 Å². The topological polar surface area (TPSA) is 87.1 Å². The van der Waals surface area contributed by atoms with E-state index in [-0.39, 0.29) is 22.6 Å². The lowest BCUT2D eigenvalue weighted by Gasteiger charge is -2.45. The SMILES string of the molecule is CSc1ncc(-c2ccc(-c3ncc(N(C)C4C[C@]5(C)CC[C@](C)(C4)N5)nn3)c(O)c2)cc1F. The summed E-state index contributed by atoms with van der Waals surface area (Å²) in [5.74, 6) is 0.678. The molecule has 2 saturated heterocycles. The van der Waals surface area contributed by atoms with Gasteiger partial charge in [-0.2, -0.15) is 0 Å². The molecule has 0 aliphatic carbocycles. The van der Waals surface area contributed by atoms with Crippen molar-refractivity contribution in [3.63, 3.8) is 0 Å². The summed E-state index contributed by atoms with van der Waals surface area (Å²) < 4.78 is 14.1. The Morgan fingerprint density at radius 1 is 1.06 bits per heavy atom. The van der Waals surface area contributed by atoms with Crippen LogP contribution >= 0.6 is 11.8 Å². The summed E-state index contributed by atoms with van der Waals surface area (Å²) in [6.07, 6.45) is 9.58. The Hall–Kier alpha value is -2.78. The first-order chi connectivity index (χ1) is 16.2.